The Morgan fingerprint density at radius 2 is 1.71 bits per heavy atom. The van der Waals surface area contributed by atoms with Gasteiger partial charge in [0.15, 0.2) is 5.13 Å². The Morgan fingerprint density at radius 3 is 2.22 bits per heavy atom. The van der Waals surface area contributed by atoms with Gasteiger partial charge in [0, 0.05) is 25.7 Å². The van der Waals surface area contributed by atoms with Crippen molar-refractivity contribution in [1.29, 1.82) is 0 Å². The lowest BCUT2D eigenvalue weighted by Gasteiger charge is -2.31. The van der Waals surface area contributed by atoms with E-state index in [9.17, 15) is 35.2 Å². The first-order valence-electron chi connectivity index (χ1n) is 12.9. The minimum Gasteiger partial charge on any atom is -0.475 e. The normalized spacial score (nSPS) is 14.5. The van der Waals surface area contributed by atoms with Gasteiger partial charge < -0.3 is 25.8 Å². The van der Waals surface area contributed by atoms with Gasteiger partial charge in [-0.1, -0.05) is 17.4 Å². The molecule has 1 aromatic carbocycles. The number of ether oxygens (including phenoxy) is 1. The third-order valence-electron chi connectivity index (χ3n) is 6.09. The van der Waals surface area contributed by atoms with Crippen molar-refractivity contribution in [2.75, 3.05) is 51.4 Å². The Hall–Kier alpha value is -4.01. The summed E-state index contributed by atoms with van der Waals surface area (Å²) in [7, 11) is 0.0114. The number of likely N-dealkylation sites (N-methyl/N-ethyl adjacent to an activating group) is 1. The molecule has 0 spiro atoms. The molecule has 1 aliphatic heterocycles. The second kappa shape index (κ2) is 14.8. The third kappa shape index (κ3) is 9.49. The highest BCUT2D eigenvalue weighted by atomic mass is 32.2. The average molecular weight is 682 g/mol. The monoisotopic (exact) mass is 681 g/mol. The number of aromatic nitrogens is 3. The number of halogens is 5. The molecule has 0 saturated carbocycles. The number of nitrogens with zero attached hydrogens (tertiary/aromatic N) is 5. The van der Waals surface area contributed by atoms with Gasteiger partial charge in [-0.3, -0.25) is 4.79 Å². The first-order valence-corrected chi connectivity index (χ1v) is 15.2. The Kier molecular flexibility index (Phi) is 11.7. The smallest absolute Gasteiger partial charge is 0.475 e. The summed E-state index contributed by atoms with van der Waals surface area (Å²) in [5.41, 5.74) is 5.17. The van der Waals surface area contributed by atoms with Crippen LogP contribution in [0.4, 0.5) is 32.9 Å². The van der Waals surface area contributed by atoms with Crippen molar-refractivity contribution in [3.8, 4) is 6.01 Å². The molecule has 246 valence electrons. The van der Waals surface area contributed by atoms with E-state index < -0.39 is 45.2 Å². The number of alkyl halides is 3. The van der Waals surface area contributed by atoms with Crippen LogP contribution in [0.2, 0.25) is 0 Å². The third-order valence-corrected chi connectivity index (χ3v) is 8.94. The molecule has 4 N–H and O–H groups in total. The number of carboxylic acid groups (broad SMARTS) is 1. The fraction of sp³-hybridized carbons (Fsp3) is 0.400. The van der Waals surface area contributed by atoms with Crippen LogP contribution in [0, 0.1) is 11.6 Å². The summed E-state index contributed by atoms with van der Waals surface area (Å²) in [6, 6.07) is 3.11. The lowest BCUT2D eigenvalue weighted by Crippen LogP contribution is -2.42. The maximum Gasteiger partial charge on any atom is 0.490 e. The molecular formula is C25H28F5N7O6S2. The molecule has 0 aliphatic carbocycles. The van der Waals surface area contributed by atoms with Crippen LogP contribution in [0.15, 0.2) is 35.5 Å². The zero-order valence-electron chi connectivity index (χ0n) is 23.7. The number of anilines is 2. The number of carbonyl (C=O) groups excluding carboxylic acids is 1. The van der Waals surface area contributed by atoms with E-state index in [-0.39, 0.29) is 40.7 Å². The second-order valence-electron chi connectivity index (χ2n) is 9.64. The molecule has 4 rings (SSSR count). The van der Waals surface area contributed by atoms with Crippen LogP contribution in [0.5, 0.6) is 6.01 Å². The van der Waals surface area contributed by atoms with Gasteiger partial charge in [0.05, 0.1) is 18.0 Å². The Balaban J connectivity index is 0.000000707. The zero-order valence-corrected chi connectivity index (χ0v) is 25.3. The molecule has 13 nitrogen and oxygen atoms in total. The number of ketones is 1. The topological polar surface area (TPSA) is 181 Å². The molecule has 45 heavy (non-hydrogen) atoms. The van der Waals surface area contributed by atoms with Gasteiger partial charge in [0.1, 0.15) is 33.8 Å². The number of nitrogens with one attached hydrogen (secondary N) is 1. The zero-order chi connectivity index (χ0) is 33.5. The number of hydrogen-bond acceptors (Lipinski definition) is 12. The molecule has 0 unspecified atom stereocenters. The van der Waals surface area contributed by atoms with E-state index in [0.717, 1.165) is 23.5 Å². The number of hydrogen-bond donors (Lipinski definition) is 3. The van der Waals surface area contributed by atoms with Gasteiger partial charge in [-0.05, 0) is 39.1 Å². The number of thiazole rings is 1. The number of nitrogen functional groups attached to an aromatic ring is 1. The lowest BCUT2D eigenvalue weighted by molar-refractivity contribution is -0.192. The second-order valence-corrected chi connectivity index (χ2v) is 12.6. The summed E-state index contributed by atoms with van der Waals surface area (Å²) in [6.07, 6.45) is -1.72. The first kappa shape index (κ1) is 35.5. The Bertz CT molecular complexity index is 1580. The van der Waals surface area contributed by atoms with E-state index in [0.29, 0.717) is 31.1 Å². The van der Waals surface area contributed by atoms with E-state index in [4.69, 9.17) is 20.4 Å². The van der Waals surface area contributed by atoms with E-state index in [1.54, 1.807) is 0 Å². The number of nitrogens with two attached hydrogens (primary N) is 1. The van der Waals surface area contributed by atoms with Crippen molar-refractivity contribution in [2.24, 2.45) is 0 Å². The number of benzene rings is 1. The first-order chi connectivity index (χ1) is 21.0. The van der Waals surface area contributed by atoms with Crippen LogP contribution < -0.4 is 15.8 Å². The molecule has 20 heteroatoms. The van der Waals surface area contributed by atoms with E-state index in [1.807, 2.05) is 19.0 Å². The molecule has 0 atom stereocenters. The molecule has 1 aliphatic rings. The lowest BCUT2D eigenvalue weighted by atomic mass is 10.1. The van der Waals surface area contributed by atoms with Crippen molar-refractivity contribution in [3.05, 3.63) is 52.7 Å². The Morgan fingerprint density at radius 1 is 1.16 bits per heavy atom. The maximum absolute atomic E-state index is 14.0. The number of rotatable bonds is 10. The summed E-state index contributed by atoms with van der Waals surface area (Å²) in [6.45, 7) is 1.50. The molecule has 0 bridgehead atoms. The van der Waals surface area contributed by atoms with Gasteiger partial charge in [0.2, 0.25) is 15.8 Å². The van der Waals surface area contributed by atoms with Gasteiger partial charge in [-0.2, -0.15) is 17.5 Å². The largest absolute Gasteiger partial charge is 0.490 e. The molecule has 1 saturated heterocycles. The molecule has 3 aromatic rings. The molecule has 0 radical (unpaired) electrons. The van der Waals surface area contributed by atoms with E-state index >= 15 is 0 Å². The molecule has 3 heterocycles. The fourth-order valence-corrected chi connectivity index (χ4v) is 6.05. The highest BCUT2D eigenvalue weighted by molar-refractivity contribution is 7.89. The van der Waals surface area contributed by atoms with Crippen molar-refractivity contribution in [1.82, 2.24) is 24.2 Å². The van der Waals surface area contributed by atoms with Gasteiger partial charge >= 0.3 is 18.2 Å². The van der Waals surface area contributed by atoms with E-state index in [1.165, 1.54) is 22.8 Å². The maximum atomic E-state index is 14.0. The van der Waals surface area contributed by atoms with Crippen LogP contribution in [0.3, 0.4) is 0 Å². The van der Waals surface area contributed by atoms with Crippen LogP contribution in [0.25, 0.3) is 0 Å². The predicted molar refractivity (Wildman–Crippen MR) is 151 cm³/mol. The summed E-state index contributed by atoms with van der Waals surface area (Å²) in [5, 5.41) is 10.6. The number of carbonyl (C=O) groups is 2. The Labute approximate surface area is 257 Å². The van der Waals surface area contributed by atoms with Crippen molar-refractivity contribution in [2.45, 2.75) is 30.0 Å². The van der Waals surface area contributed by atoms with Crippen molar-refractivity contribution in [3.63, 3.8) is 0 Å². The molecule has 1 fully saturated rings. The summed E-state index contributed by atoms with van der Waals surface area (Å²) < 4.78 is 92.7. The van der Waals surface area contributed by atoms with Gasteiger partial charge in [0.25, 0.3) is 0 Å². The van der Waals surface area contributed by atoms with Gasteiger partial charge in [-0.15, -0.1) is 0 Å². The summed E-state index contributed by atoms with van der Waals surface area (Å²) >= 11 is 0.892. The highest BCUT2D eigenvalue weighted by Gasteiger charge is 2.38. The van der Waals surface area contributed by atoms with Crippen molar-refractivity contribution < 1.29 is 49.8 Å². The fourth-order valence-electron chi connectivity index (χ4n) is 3.78. The van der Waals surface area contributed by atoms with Gasteiger partial charge in [-0.25, -0.2) is 36.9 Å². The quantitative estimate of drug-likeness (QED) is 0.211. The van der Waals surface area contributed by atoms with Crippen molar-refractivity contribution >= 4 is 44.1 Å². The molecule has 0 amide bonds. The summed E-state index contributed by atoms with van der Waals surface area (Å²) in [5.74, 6) is -5.75. The minimum atomic E-state index is -5.08. The molecule has 2 aromatic heterocycles. The average Bonchev–Trinajstić information content (AvgIpc) is 3.32. The molecular weight excluding hydrogens is 653 g/mol. The predicted octanol–water partition coefficient (Wildman–Crippen LogP) is 2.86. The standard InChI is InChI=1S/C23H27F2N7O4S2.C2HF3O2/c1-31(2)10-11-36-22-27-12-15(13-28-22)38(34,35)32-8-6-14(7-9-32)29-23-30-21(26)20(37-23)19(33)18-16(24)4-3-5-17(18)25;3-2(4,5)1(6)7/h3-5,12-14H,6-11,26H2,1-2H3,(H,29,30);(H,6,7). The van der Waals surface area contributed by atoms with Crippen LogP contribution in [-0.4, -0.2) is 102 Å². The number of sulfonamides is 1. The van der Waals surface area contributed by atoms with E-state index in [2.05, 4.69) is 20.3 Å². The number of piperidine rings is 1. The van der Waals surface area contributed by atoms with Crippen LogP contribution in [0.1, 0.15) is 28.1 Å². The van der Waals surface area contributed by atoms with Crippen LogP contribution >= 0.6 is 11.3 Å². The van der Waals surface area contributed by atoms with Crippen LogP contribution in [-0.2, 0) is 14.8 Å². The SMILES string of the molecule is CN(C)CCOc1ncc(S(=O)(=O)N2CCC(Nc3nc(N)c(C(=O)c4c(F)cccc4F)s3)CC2)cn1.O=C(O)C(F)(F)F. The highest BCUT2D eigenvalue weighted by Crippen LogP contribution is 2.31. The number of aliphatic carboxylic acids is 1. The minimum absolute atomic E-state index is 0.0277. The summed E-state index contributed by atoms with van der Waals surface area (Å²) in [4.78, 5) is 35.5. The number of carboxylic acids is 1.